The Kier molecular flexibility index (Phi) is 6.89. The number of nitrogens with zero attached hydrogens (tertiary/aromatic N) is 1. The minimum atomic E-state index is -4.09. The van der Waals surface area contributed by atoms with Crippen molar-refractivity contribution in [1.82, 2.24) is 10.2 Å². The number of halogens is 1. The van der Waals surface area contributed by atoms with E-state index in [1.54, 1.807) is 38.4 Å². The van der Waals surface area contributed by atoms with Crippen LogP contribution in [-0.4, -0.2) is 39.2 Å². The molecule has 0 saturated heterocycles. The van der Waals surface area contributed by atoms with E-state index < -0.39 is 15.8 Å². The van der Waals surface area contributed by atoms with E-state index in [2.05, 4.69) is 10.0 Å². The molecule has 9 heteroatoms. The number of benzene rings is 3. The van der Waals surface area contributed by atoms with E-state index in [1.807, 2.05) is 0 Å². The number of para-hydroxylation sites is 1. The van der Waals surface area contributed by atoms with E-state index in [1.165, 1.54) is 47.4 Å². The Hall–Kier alpha value is -3.72. The number of nitrogens with one attached hydrogen (secondary N) is 2. The summed E-state index contributed by atoms with van der Waals surface area (Å²) in [7, 11) is -0.955. The summed E-state index contributed by atoms with van der Waals surface area (Å²) in [4.78, 5) is 25.8. The highest BCUT2D eigenvalue weighted by Gasteiger charge is 2.19. The average molecular weight is 456 g/mol. The number of sulfonamides is 1. The minimum absolute atomic E-state index is 0.157. The maximum Gasteiger partial charge on any atom is 0.262 e. The van der Waals surface area contributed by atoms with Crippen molar-refractivity contribution in [3.05, 3.63) is 95.3 Å². The van der Waals surface area contributed by atoms with Crippen molar-refractivity contribution >= 4 is 27.5 Å². The molecule has 0 aliphatic carbocycles. The Labute approximate surface area is 185 Å². The second-order valence-electron chi connectivity index (χ2n) is 7.05. The molecule has 0 bridgehead atoms. The van der Waals surface area contributed by atoms with Gasteiger partial charge < -0.3 is 10.2 Å². The number of carbonyl (C=O) groups is 2. The van der Waals surface area contributed by atoms with Gasteiger partial charge in [-0.3, -0.25) is 14.3 Å². The molecule has 3 aromatic rings. The van der Waals surface area contributed by atoms with Crippen LogP contribution in [0.5, 0.6) is 0 Å². The van der Waals surface area contributed by atoms with E-state index in [-0.39, 0.29) is 34.5 Å². The number of hydrogen-bond donors (Lipinski definition) is 2. The van der Waals surface area contributed by atoms with Crippen molar-refractivity contribution in [2.75, 3.05) is 18.8 Å². The zero-order valence-corrected chi connectivity index (χ0v) is 18.3. The van der Waals surface area contributed by atoms with Gasteiger partial charge in [0.25, 0.3) is 21.8 Å². The highest BCUT2D eigenvalue weighted by molar-refractivity contribution is 7.92. The molecule has 0 saturated carbocycles. The van der Waals surface area contributed by atoms with Crippen LogP contribution in [0.4, 0.5) is 10.1 Å². The minimum Gasteiger partial charge on any atom is -0.355 e. The van der Waals surface area contributed by atoms with Gasteiger partial charge in [0.15, 0.2) is 0 Å². The Morgan fingerprint density at radius 1 is 0.938 bits per heavy atom. The van der Waals surface area contributed by atoms with Crippen LogP contribution in [0.3, 0.4) is 0 Å². The van der Waals surface area contributed by atoms with Gasteiger partial charge in [0.05, 0.1) is 10.6 Å². The zero-order valence-electron chi connectivity index (χ0n) is 17.5. The molecular weight excluding hydrogens is 433 g/mol. The molecule has 166 valence electrons. The third kappa shape index (κ3) is 5.30. The summed E-state index contributed by atoms with van der Waals surface area (Å²) >= 11 is 0. The summed E-state index contributed by atoms with van der Waals surface area (Å²) in [6, 6.07) is 17.8. The average Bonchev–Trinajstić information content (AvgIpc) is 2.80. The van der Waals surface area contributed by atoms with Gasteiger partial charge in [0.2, 0.25) is 0 Å². The number of amides is 2. The van der Waals surface area contributed by atoms with Crippen molar-refractivity contribution < 1.29 is 22.4 Å². The molecule has 0 fully saturated rings. The first-order chi connectivity index (χ1) is 15.2. The van der Waals surface area contributed by atoms with Crippen LogP contribution in [0.25, 0.3) is 0 Å². The van der Waals surface area contributed by atoms with Gasteiger partial charge in [-0.05, 0) is 48.0 Å². The van der Waals surface area contributed by atoms with E-state index in [9.17, 15) is 22.4 Å². The summed E-state index contributed by atoms with van der Waals surface area (Å²) < 4.78 is 41.4. The van der Waals surface area contributed by atoms with Crippen molar-refractivity contribution in [1.29, 1.82) is 0 Å². The van der Waals surface area contributed by atoms with Gasteiger partial charge in [-0.2, -0.15) is 0 Å². The molecule has 2 amide bonds. The van der Waals surface area contributed by atoms with Gasteiger partial charge in [-0.25, -0.2) is 12.8 Å². The molecule has 0 atom stereocenters. The quantitative estimate of drug-likeness (QED) is 0.572. The molecule has 7 nitrogen and oxygen atoms in total. The second-order valence-corrected chi connectivity index (χ2v) is 8.73. The zero-order chi connectivity index (χ0) is 23.3. The van der Waals surface area contributed by atoms with Crippen molar-refractivity contribution in [3.8, 4) is 0 Å². The molecule has 0 unspecified atom stereocenters. The van der Waals surface area contributed by atoms with Gasteiger partial charge in [0, 0.05) is 31.8 Å². The third-order valence-corrected chi connectivity index (χ3v) is 6.08. The fraction of sp³-hybridized carbons (Fsp3) is 0.130. The summed E-state index contributed by atoms with van der Waals surface area (Å²) in [5, 5.41) is 2.54. The maximum atomic E-state index is 13.8. The van der Waals surface area contributed by atoms with Gasteiger partial charge in [-0.15, -0.1) is 0 Å². The first-order valence-corrected chi connectivity index (χ1v) is 11.1. The van der Waals surface area contributed by atoms with E-state index in [0.717, 1.165) is 11.6 Å². The lowest BCUT2D eigenvalue weighted by Crippen LogP contribution is -2.26. The van der Waals surface area contributed by atoms with Gasteiger partial charge in [-0.1, -0.05) is 30.3 Å². The number of carbonyl (C=O) groups excluding carboxylic acids is 2. The smallest absolute Gasteiger partial charge is 0.262 e. The first kappa shape index (κ1) is 23.0. The Morgan fingerprint density at radius 2 is 1.62 bits per heavy atom. The summed E-state index contributed by atoms with van der Waals surface area (Å²) in [6.45, 7) is 0.261. The highest BCUT2D eigenvalue weighted by Crippen LogP contribution is 2.20. The van der Waals surface area contributed by atoms with Crippen LogP contribution < -0.4 is 10.0 Å². The lowest BCUT2D eigenvalue weighted by Gasteiger charge is -2.18. The molecule has 0 aromatic heterocycles. The van der Waals surface area contributed by atoms with Crippen molar-refractivity contribution in [2.24, 2.45) is 0 Å². The molecule has 2 N–H and O–H groups in total. The molecule has 0 aliphatic heterocycles. The summed E-state index contributed by atoms with van der Waals surface area (Å²) in [5.74, 6) is -1.29. The van der Waals surface area contributed by atoms with Crippen LogP contribution in [0.2, 0.25) is 0 Å². The largest absolute Gasteiger partial charge is 0.355 e. The number of anilines is 1. The molecule has 0 heterocycles. The van der Waals surface area contributed by atoms with Crippen LogP contribution in [0.1, 0.15) is 26.3 Å². The van der Waals surface area contributed by atoms with Crippen LogP contribution >= 0.6 is 0 Å². The monoisotopic (exact) mass is 455 g/mol. The highest BCUT2D eigenvalue weighted by atomic mass is 32.2. The number of rotatable bonds is 7. The Balaban J connectivity index is 1.75. The SMILES string of the molecule is CNC(=O)c1ccc(CN(C)C(=O)c2cccc(S(=O)(=O)Nc3ccccc3F)c2)cc1. The van der Waals surface area contributed by atoms with Crippen molar-refractivity contribution in [2.45, 2.75) is 11.4 Å². The molecule has 0 spiro atoms. The molecule has 0 aliphatic rings. The lowest BCUT2D eigenvalue weighted by molar-refractivity contribution is 0.0784. The standard InChI is InChI=1S/C23H22FN3O4S/c1-25-22(28)17-12-10-16(11-13-17)15-27(2)23(29)18-6-5-7-19(14-18)32(30,31)26-21-9-4-3-8-20(21)24/h3-14,26H,15H2,1-2H3,(H,25,28). The second kappa shape index (κ2) is 9.61. The normalized spacial score (nSPS) is 11.0. The maximum absolute atomic E-state index is 13.8. The predicted molar refractivity (Wildman–Crippen MR) is 119 cm³/mol. The van der Waals surface area contributed by atoms with Crippen LogP contribution in [-0.2, 0) is 16.6 Å². The molecule has 3 rings (SSSR count). The lowest BCUT2D eigenvalue weighted by atomic mass is 10.1. The molecule has 32 heavy (non-hydrogen) atoms. The van der Waals surface area contributed by atoms with Gasteiger partial charge >= 0.3 is 0 Å². The Morgan fingerprint density at radius 3 is 2.28 bits per heavy atom. The topological polar surface area (TPSA) is 95.6 Å². The fourth-order valence-electron chi connectivity index (χ4n) is 3.02. The van der Waals surface area contributed by atoms with Crippen molar-refractivity contribution in [3.63, 3.8) is 0 Å². The first-order valence-electron chi connectivity index (χ1n) is 9.65. The Bertz CT molecular complexity index is 1240. The van der Waals surface area contributed by atoms with Gasteiger partial charge in [0.1, 0.15) is 5.82 Å². The van der Waals surface area contributed by atoms with Crippen LogP contribution in [0, 0.1) is 5.82 Å². The molecular formula is C23H22FN3O4S. The van der Waals surface area contributed by atoms with Crippen LogP contribution in [0.15, 0.2) is 77.7 Å². The van der Waals surface area contributed by atoms with E-state index >= 15 is 0 Å². The molecule has 3 aromatic carbocycles. The van der Waals surface area contributed by atoms with E-state index in [0.29, 0.717) is 5.56 Å². The predicted octanol–water partition coefficient (Wildman–Crippen LogP) is 3.26. The van der Waals surface area contributed by atoms with E-state index in [4.69, 9.17) is 0 Å². The fourth-order valence-corrected chi connectivity index (χ4v) is 4.13. The summed E-state index contributed by atoms with van der Waals surface area (Å²) in [5.41, 5.74) is 1.30. The summed E-state index contributed by atoms with van der Waals surface area (Å²) in [6.07, 6.45) is 0. The molecule has 0 radical (unpaired) electrons. The third-order valence-electron chi connectivity index (χ3n) is 4.72. The number of hydrogen-bond acceptors (Lipinski definition) is 4.